The molecule has 0 aliphatic heterocycles. The Hall–Kier alpha value is -1.56. The van der Waals surface area contributed by atoms with Gasteiger partial charge in [-0.2, -0.15) is 16.9 Å². The zero-order chi connectivity index (χ0) is 12.6. The van der Waals surface area contributed by atoms with Crippen LogP contribution in [0.4, 0.5) is 5.69 Å². The summed E-state index contributed by atoms with van der Waals surface area (Å²) in [4.78, 5) is 8.27. The molecule has 0 saturated carbocycles. The van der Waals surface area contributed by atoms with E-state index in [-0.39, 0.29) is 0 Å². The molecule has 5 nitrogen and oxygen atoms in total. The third-order valence-electron chi connectivity index (χ3n) is 2.51. The van der Waals surface area contributed by atoms with E-state index in [1.54, 1.807) is 17.2 Å². The molecule has 0 radical (unpaired) electrons. The number of rotatable bonds is 7. The van der Waals surface area contributed by atoms with Crippen LogP contribution in [-0.2, 0) is 0 Å². The molecule has 0 aliphatic rings. The van der Waals surface area contributed by atoms with E-state index in [4.69, 9.17) is 0 Å². The molecule has 18 heavy (non-hydrogen) atoms. The summed E-state index contributed by atoms with van der Waals surface area (Å²) in [6, 6.07) is 3.93. The maximum Gasteiger partial charge on any atom is 0.178 e. The van der Waals surface area contributed by atoms with Crippen LogP contribution >= 0.6 is 11.8 Å². The van der Waals surface area contributed by atoms with Crippen molar-refractivity contribution in [2.75, 3.05) is 23.9 Å². The average molecular weight is 263 g/mol. The molecular formula is C12H17N5S. The van der Waals surface area contributed by atoms with Gasteiger partial charge in [0.2, 0.25) is 0 Å². The molecule has 96 valence electrons. The van der Waals surface area contributed by atoms with E-state index in [1.807, 2.05) is 23.9 Å². The van der Waals surface area contributed by atoms with E-state index in [0.29, 0.717) is 0 Å². The molecule has 0 aromatic carbocycles. The number of anilines is 1. The van der Waals surface area contributed by atoms with Crippen LogP contribution in [0.5, 0.6) is 0 Å². The van der Waals surface area contributed by atoms with Crippen molar-refractivity contribution in [3.8, 4) is 5.82 Å². The highest BCUT2D eigenvalue weighted by molar-refractivity contribution is 7.98. The molecule has 0 bridgehead atoms. The minimum absolute atomic E-state index is 0.792. The Balaban J connectivity index is 1.96. The van der Waals surface area contributed by atoms with Crippen molar-refractivity contribution in [2.24, 2.45) is 0 Å². The van der Waals surface area contributed by atoms with Gasteiger partial charge < -0.3 is 5.32 Å². The number of aromatic nitrogens is 4. The summed E-state index contributed by atoms with van der Waals surface area (Å²) in [5, 5.41) is 7.50. The molecule has 0 saturated heterocycles. The normalized spacial score (nSPS) is 10.5. The molecule has 0 spiro atoms. The standard InChI is InChI=1S/C12H17N5S/c1-18-8-3-2-6-14-11-5-4-7-15-12(11)17-10-13-9-16-17/h4-5,7,9-10,14H,2-3,6,8H2,1H3. The van der Waals surface area contributed by atoms with Gasteiger partial charge in [-0.3, -0.25) is 0 Å². The number of unbranched alkanes of at least 4 members (excludes halogenated alkanes) is 1. The highest BCUT2D eigenvalue weighted by Crippen LogP contribution is 2.15. The number of hydrogen-bond donors (Lipinski definition) is 1. The quantitative estimate of drug-likeness (QED) is 0.776. The number of nitrogens with zero attached hydrogens (tertiary/aromatic N) is 4. The fourth-order valence-corrected chi connectivity index (χ4v) is 2.12. The van der Waals surface area contributed by atoms with Crippen molar-refractivity contribution >= 4 is 17.4 Å². The average Bonchev–Trinajstić information content (AvgIpc) is 2.93. The van der Waals surface area contributed by atoms with Crippen molar-refractivity contribution < 1.29 is 0 Å². The van der Waals surface area contributed by atoms with Crippen molar-refractivity contribution in [1.29, 1.82) is 0 Å². The van der Waals surface area contributed by atoms with Crippen LogP contribution in [-0.4, -0.2) is 38.3 Å². The minimum atomic E-state index is 0.792. The molecule has 6 heteroatoms. The first-order valence-corrected chi connectivity index (χ1v) is 7.34. The molecular weight excluding hydrogens is 246 g/mol. The molecule has 2 rings (SSSR count). The maximum absolute atomic E-state index is 4.33. The fraction of sp³-hybridized carbons (Fsp3) is 0.417. The second kappa shape index (κ2) is 7.00. The first kappa shape index (κ1) is 12.9. The number of thioether (sulfide) groups is 1. The van der Waals surface area contributed by atoms with E-state index in [1.165, 1.54) is 18.5 Å². The molecule has 0 fully saturated rings. The Bertz CT molecular complexity index is 457. The third kappa shape index (κ3) is 3.46. The van der Waals surface area contributed by atoms with E-state index < -0.39 is 0 Å². The van der Waals surface area contributed by atoms with Crippen LogP contribution < -0.4 is 5.32 Å². The number of nitrogens with one attached hydrogen (secondary N) is 1. The van der Waals surface area contributed by atoms with Crippen LogP contribution in [0.2, 0.25) is 0 Å². The summed E-state index contributed by atoms with van der Waals surface area (Å²) in [6.45, 7) is 0.952. The molecule has 1 N–H and O–H groups in total. The smallest absolute Gasteiger partial charge is 0.178 e. The van der Waals surface area contributed by atoms with Gasteiger partial charge in [-0.15, -0.1) is 0 Å². The summed E-state index contributed by atoms with van der Waals surface area (Å²) < 4.78 is 1.67. The van der Waals surface area contributed by atoms with Crippen molar-refractivity contribution in [2.45, 2.75) is 12.8 Å². The summed E-state index contributed by atoms with van der Waals surface area (Å²) in [5.74, 6) is 2.00. The zero-order valence-corrected chi connectivity index (χ0v) is 11.2. The number of pyridine rings is 1. The lowest BCUT2D eigenvalue weighted by molar-refractivity contribution is 0.824. The van der Waals surface area contributed by atoms with Crippen LogP contribution in [0.25, 0.3) is 5.82 Å². The Labute approximate surface area is 111 Å². The summed E-state index contributed by atoms with van der Waals surface area (Å²) in [7, 11) is 0. The highest BCUT2D eigenvalue weighted by Gasteiger charge is 2.05. The predicted octanol–water partition coefficient (Wildman–Crippen LogP) is 2.22. The van der Waals surface area contributed by atoms with Gasteiger partial charge in [-0.05, 0) is 37.0 Å². The maximum atomic E-state index is 4.33. The topological polar surface area (TPSA) is 55.6 Å². The molecule has 2 aromatic heterocycles. The Morgan fingerprint density at radius 2 is 2.33 bits per heavy atom. The second-order valence-electron chi connectivity index (χ2n) is 3.84. The molecule has 2 heterocycles. The van der Waals surface area contributed by atoms with E-state index >= 15 is 0 Å². The van der Waals surface area contributed by atoms with Crippen LogP contribution in [0.3, 0.4) is 0 Å². The van der Waals surface area contributed by atoms with Gasteiger partial charge >= 0.3 is 0 Å². The number of hydrogen-bond acceptors (Lipinski definition) is 5. The molecule has 0 atom stereocenters. The molecule has 0 amide bonds. The summed E-state index contributed by atoms with van der Waals surface area (Å²) >= 11 is 1.89. The SMILES string of the molecule is CSCCCCNc1cccnc1-n1cncn1. The lowest BCUT2D eigenvalue weighted by Gasteiger charge is -2.10. The van der Waals surface area contributed by atoms with Crippen molar-refractivity contribution in [3.63, 3.8) is 0 Å². The van der Waals surface area contributed by atoms with Gasteiger partial charge in [-0.25, -0.2) is 14.6 Å². The van der Waals surface area contributed by atoms with E-state index in [2.05, 4.69) is 26.6 Å². The highest BCUT2D eigenvalue weighted by atomic mass is 32.2. The van der Waals surface area contributed by atoms with Gasteiger partial charge in [0.1, 0.15) is 12.7 Å². The van der Waals surface area contributed by atoms with Crippen molar-refractivity contribution in [3.05, 3.63) is 31.0 Å². The Morgan fingerprint density at radius 3 is 3.11 bits per heavy atom. The first-order valence-electron chi connectivity index (χ1n) is 5.94. The molecule has 2 aromatic rings. The zero-order valence-electron chi connectivity index (χ0n) is 10.4. The van der Waals surface area contributed by atoms with Gasteiger partial charge in [0, 0.05) is 12.7 Å². The van der Waals surface area contributed by atoms with Gasteiger partial charge in [0.15, 0.2) is 5.82 Å². The Morgan fingerprint density at radius 1 is 1.39 bits per heavy atom. The lowest BCUT2D eigenvalue weighted by Crippen LogP contribution is -2.08. The third-order valence-corrected chi connectivity index (χ3v) is 3.21. The van der Waals surface area contributed by atoms with Gasteiger partial charge in [-0.1, -0.05) is 0 Å². The summed E-state index contributed by atoms with van der Waals surface area (Å²) in [6.07, 6.45) is 9.45. The van der Waals surface area contributed by atoms with Crippen LogP contribution in [0.1, 0.15) is 12.8 Å². The summed E-state index contributed by atoms with van der Waals surface area (Å²) in [5.41, 5.74) is 0.993. The Kier molecular flexibility index (Phi) is 5.01. The second-order valence-corrected chi connectivity index (χ2v) is 4.83. The van der Waals surface area contributed by atoms with E-state index in [9.17, 15) is 0 Å². The predicted molar refractivity (Wildman–Crippen MR) is 75.3 cm³/mol. The first-order chi connectivity index (χ1) is 8.92. The monoisotopic (exact) mass is 263 g/mol. The van der Waals surface area contributed by atoms with Gasteiger partial charge in [0.05, 0.1) is 5.69 Å². The van der Waals surface area contributed by atoms with Crippen LogP contribution in [0, 0.1) is 0 Å². The van der Waals surface area contributed by atoms with E-state index in [0.717, 1.165) is 24.5 Å². The minimum Gasteiger partial charge on any atom is -0.382 e. The van der Waals surface area contributed by atoms with Crippen molar-refractivity contribution in [1.82, 2.24) is 19.7 Å². The fourth-order valence-electron chi connectivity index (χ4n) is 1.63. The molecule has 0 aliphatic carbocycles. The largest absolute Gasteiger partial charge is 0.382 e. The van der Waals surface area contributed by atoms with Crippen LogP contribution in [0.15, 0.2) is 31.0 Å². The lowest BCUT2D eigenvalue weighted by atomic mass is 10.3. The molecule has 0 unspecified atom stereocenters. The van der Waals surface area contributed by atoms with Gasteiger partial charge in [0.25, 0.3) is 0 Å².